The molecule has 0 unspecified atom stereocenters. The van der Waals surface area contributed by atoms with Gasteiger partial charge in [0.1, 0.15) is 0 Å². The highest BCUT2D eigenvalue weighted by molar-refractivity contribution is 7.71. The molecule has 1 aliphatic carbocycles. The van der Waals surface area contributed by atoms with Crippen LogP contribution in [-0.2, 0) is 0 Å². The summed E-state index contributed by atoms with van der Waals surface area (Å²) in [4.78, 5) is 0. The Kier molecular flexibility index (Phi) is 4.53. The number of fused-ring (bicyclic) bond motifs is 2. The van der Waals surface area contributed by atoms with Crippen molar-refractivity contribution in [2.24, 2.45) is 5.10 Å². The van der Waals surface area contributed by atoms with E-state index in [2.05, 4.69) is 64.8 Å². The van der Waals surface area contributed by atoms with Crippen molar-refractivity contribution < 1.29 is 0 Å². The molecule has 0 aliphatic heterocycles. The predicted molar refractivity (Wildman–Crippen MR) is 118 cm³/mol. The van der Waals surface area contributed by atoms with Crippen LogP contribution in [-0.4, -0.2) is 21.1 Å². The third kappa shape index (κ3) is 3.06. The Labute approximate surface area is 168 Å². The maximum absolute atomic E-state index is 5.48. The molecule has 0 saturated heterocycles. The summed E-state index contributed by atoms with van der Waals surface area (Å²) in [6.07, 6.45) is 8.08. The summed E-state index contributed by atoms with van der Waals surface area (Å²) in [5, 5.41) is 17.1. The molecule has 3 aromatic carbocycles. The van der Waals surface area contributed by atoms with Crippen LogP contribution in [0.1, 0.15) is 49.4 Å². The largest absolute Gasteiger partial charge is 0.250 e. The van der Waals surface area contributed by atoms with Crippen molar-refractivity contribution in [1.29, 1.82) is 0 Å². The molecule has 28 heavy (non-hydrogen) atoms. The number of hydrogen-bond acceptors (Lipinski definition) is 3. The minimum Gasteiger partial charge on any atom is -0.250 e. The molecule has 4 aromatic rings. The predicted octanol–water partition coefficient (Wildman–Crippen LogP) is 6.18. The van der Waals surface area contributed by atoms with Crippen LogP contribution >= 0.6 is 12.2 Å². The van der Waals surface area contributed by atoms with E-state index in [0.717, 1.165) is 24.2 Å². The van der Waals surface area contributed by atoms with Crippen molar-refractivity contribution >= 4 is 40.0 Å². The summed E-state index contributed by atoms with van der Waals surface area (Å²) < 4.78 is 2.38. The molecule has 1 aromatic heterocycles. The second kappa shape index (κ2) is 7.32. The molecule has 1 N–H and O–H groups in total. The number of hydrogen-bond donors (Lipinski definition) is 1. The Morgan fingerprint density at radius 1 is 0.964 bits per heavy atom. The van der Waals surface area contributed by atoms with Crippen LogP contribution in [0.25, 0.3) is 21.5 Å². The van der Waals surface area contributed by atoms with Crippen molar-refractivity contribution in [3.63, 3.8) is 0 Å². The lowest BCUT2D eigenvalue weighted by Crippen LogP contribution is -2.10. The molecule has 0 bridgehead atoms. The Hall–Kier alpha value is -2.79. The number of H-pyrrole nitrogens is 1. The molecule has 0 atom stereocenters. The highest BCUT2D eigenvalue weighted by atomic mass is 32.1. The Morgan fingerprint density at radius 3 is 2.29 bits per heavy atom. The van der Waals surface area contributed by atoms with Crippen molar-refractivity contribution in [2.75, 3.05) is 0 Å². The van der Waals surface area contributed by atoms with Gasteiger partial charge in [0.25, 0.3) is 0 Å². The van der Waals surface area contributed by atoms with Crippen LogP contribution < -0.4 is 0 Å². The highest BCUT2D eigenvalue weighted by Crippen LogP contribution is 2.32. The summed E-state index contributed by atoms with van der Waals surface area (Å²) >= 11 is 5.48. The fourth-order valence-electron chi connectivity index (χ4n) is 4.34. The Bertz CT molecular complexity index is 1170. The van der Waals surface area contributed by atoms with Crippen LogP contribution in [0.15, 0.2) is 59.7 Å². The maximum Gasteiger partial charge on any atom is 0.216 e. The average molecular weight is 387 g/mol. The van der Waals surface area contributed by atoms with Crippen molar-refractivity contribution in [3.05, 3.63) is 70.8 Å². The van der Waals surface area contributed by atoms with Gasteiger partial charge in [0.15, 0.2) is 5.82 Å². The van der Waals surface area contributed by atoms with Crippen molar-refractivity contribution in [3.8, 4) is 0 Å². The maximum atomic E-state index is 5.48. The molecule has 0 amide bonds. The molecule has 5 heteroatoms. The smallest absolute Gasteiger partial charge is 0.216 e. The Balaban J connectivity index is 1.65. The molecule has 1 heterocycles. The number of aromatic amines is 1. The monoisotopic (exact) mass is 386 g/mol. The van der Waals surface area contributed by atoms with E-state index in [1.54, 1.807) is 0 Å². The summed E-state index contributed by atoms with van der Waals surface area (Å²) in [6.45, 7) is 0. The number of nitrogens with zero attached hydrogens (tertiary/aromatic N) is 3. The van der Waals surface area contributed by atoms with E-state index in [9.17, 15) is 0 Å². The van der Waals surface area contributed by atoms with Crippen LogP contribution in [0.4, 0.5) is 0 Å². The van der Waals surface area contributed by atoms with Crippen LogP contribution in [0.5, 0.6) is 0 Å². The van der Waals surface area contributed by atoms with Gasteiger partial charge < -0.3 is 0 Å². The van der Waals surface area contributed by atoms with Gasteiger partial charge in [-0.05, 0) is 52.7 Å². The third-order valence-electron chi connectivity index (χ3n) is 5.76. The second-order valence-corrected chi connectivity index (χ2v) is 7.90. The van der Waals surface area contributed by atoms with Gasteiger partial charge in [-0.15, -0.1) is 0 Å². The quantitative estimate of drug-likeness (QED) is 0.260. The standard InChI is InChI=1S/C23H22N4S/c28-23-26-25-22(16-8-2-1-3-9-16)27(23)24-15-21-19-12-6-4-10-17(19)14-18-11-5-7-13-20(18)21/h4-7,10-16H,1-3,8-9H2,(H,26,28)/b24-15-. The van der Waals surface area contributed by atoms with E-state index in [1.165, 1.54) is 40.8 Å². The molecular weight excluding hydrogens is 364 g/mol. The SMILES string of the molecule is S=c1[nH]nc(C2CCCCC2)n1/N=C\c1c2ccccc2cc2ccccc12. The number of rotatable bonds is 3. The lowest BCUT2D eigenvalue weighted by Gasteiger charge is -2.19. The van der Waals surface area contributed by atoms with Crippen molar-refractivity contribution in [1.82, 2.24) is 14.9 Å². The van der Waals surface area contributed by atoms with Gasteiger partial charge in [0.05, 0.1) is 6.21 Å². The summed E-state index contributed by atoms with van der Waals surface area (Å²) in [5.74, 6) is 1.40. The first-order valence-electron chi connectivity index (χ1n) is 9.93. The molecular formula is C23H22N4S. The molecule has 1 fully saturated rings. The molecule has 0 spiro atoms. The van der Waals surface area contributed by atoms with Gasteiger partial charge in [-0.25, -0.2) is 0 Å². The zero-order valence-corrected chi connectivity index (χ0v) is 16.5. The topological polar surface area (TPSA) is 46.0 Å². The lowest BCUT2D eigenvalue weighted by atomic mass is 9.89. The van der Waals surface area contributed by atoms with E-state index in [1.807, 2.05) is 10.9 Å². The fourth-order valence-corrected chi connectivity index (χ4v) is 4.53. The first-order valence-corrected chi connectivity index (χ1v) is 10.3. The zero-order chi connectivity index (χ0) is 18.9. The number of aromatic nitrogens is 3. The van der Waals surface area contributed by atoms with E-state index < -0.39 is 0 Å². The molecule has 0 radical (unpaired) electrons. The van der Waals surface area contributed by atoms with Gasteiger partial charge in [-0.3, -0.25) is 5.10 Å². The zero-order valence-electron chi connectivity index (χ0n) is 15.6. The number of nitrogens with one attached hydrogen (secondary N) is 1. The van der Waals surface area contributed by atoms with Gasteiger partial charge in [-0.2, -0.15) is 14.9 Å². The minimum absolute atomic E-state index is 0.433. The highest BCUT2D eigenvalue weighted by Gasteiger charge is 2.21. The summed E-state index contributed by atoms with van der Waals surface area (Å²) in [6, 6.07) is 19.1. The van der Waals surface area contributed by atoms with E-state index in [-0.39, 0.29) is 0 Å². The minimum atomic E-state index is 0.433. The lowest BCUT2D eigenvalue weighted by molar-refractivity contribution is 0.419. The normalized spacial score (nSPS) is 15.7. The van der Waals surface area contributed by atoms with E-state index in [0.29, 0.717) is 10.7 Å². The third-order valence-corrected chi connectivity index (χ3v) is 6.03. The fraction of sp³-hybridized carbons (Fsp3) is 0.261. The van der Waals surface area contributed by atoms with Gasteiger partial charge in [0.2, 0.25) is 4.77 Å². The molecule has 1 saturated carbocycles. The van der Waals surface area contributed by atoms with E-state index >= 15 is 0 Å². The van der Waals surface area contributed by atoms with E-state index in [4.69, 9.17) is 17.3 Å². The van der Waals surface area contributed by atoms with Gasteiger partial charge >= 0.3 is 0 Å². The first kappa shape index (κ1) is 17.3. The van der Waals surface area contributed by atoms with Crippen molar-refractivity contribution in [2.45, 2.75) is 38.0 Å². The first-order chi connectivity index (χ1) is 13.8. The van der Waals surface area contributed by atoms with Crippen LogP contribution in [0.2, 0.25) is 0 Å². The molecule has 4 nitrogen and oxygen atoms in total. The van der Waals surface area contributed by atoms with Crippen LogP contribution in [0.3, 0.4) is 0 Å². The summed E-state index contributed by atoms with van der Waals surface area (Å²) in [7, 11) is 0. The summed E-state index contributed by atoms with van der Waals surface area (Å²) in [5.41, 5.74) is 1.12. The molecule has 5 rings (SSSR count). The molecule has 1 aliphatic rings. The second-order valence-electron chi connectivity index (χ2n) is 7.51. The number of benzene rings is 3. The van der Waals surface area contributed by atoms with Gasteiger partial charge in [-0.1, -0.05) is 67.8 Å². The Morgan fingerprint density at radius 2 is 1.61 bits per heavy atom. The average Bonchev–Trinajstić information content (AvgIpc) is 3.12. The van der Waals surface area contributed by atoms with Crippen LogP contribution in [0, 0.1) is 4.77 Å². The van der Waals surface area contributed by atoms with Gasteiger partial charge in [0, 0.05) is 11.5 Å². The molecule has 140 valence electrons.